The Bertz CT molecular complexity index is 538. The molecule has 3 fully saturated rings. The van der Waals surface area contributed by atoms with E-state index in [4.69, 9.17) is 0 Å². The van der Waals surface area contributed by atoms with Gasteiger partial charge in [-0.05, 0) is 85.9 Å². The maximum absolute atomic E-state index is 10.7. The van der Waals surface area contributed by atoms with Crippen molar-refractivity contribution >= 4 is 0 Å². The van der Waals surface area contributed by atoms with E-state index in [1.165, 1.54) is 32.1 Å². The fraction of sp³-hybridized carbons (Fsp3) is 0.818. The molecule has 3 saturated carbocycles. The van der Waals surface area contributed by atoms with Crippen LogP contribution in [-0.4, -0.2) is 22.4 Å². The first-order chi connectivity index (χ1) is 11.7. The van der Waals surface area contributed by atoms with Crippen LogP contribution < -0.4 is 0 Å². The van der Waals surface area contributed by atoms with Crippen molar-refractivity contribution in [2.24, 2.45) is 47.3 Å². The van der Waals surface area contributed by atoms with E-state index in [0.29, 0.717) is 5.92 Å². The monoisotopic (exact) mass is 328 g/mol. The zero-order chi connectivity index (χ0) is 16.3. The van der Waals surface area contributed by atoms with Gasteiger partial charge in [-0.15, -0.1) is 0 Å². The number of hydrogen-bond donors (Lipinski definition) is 2. The Hall–Kier alpha value is -0.600. The van der Waals surface area contributed by atoms with Gasteiger partial charge in [-0.3, -0.25) is 0 Å². The Morgan fingerprint density at radius 3 is 2.46 bits per heavy atom. The third-order valence-electron chi connectivity index (χ3n) is 8.51. The van der Waals surface area contributed by atoms with Crippen LogP contribution in [0.3, 0.4) is 0 Å². The van der Waals surface area contributed by atoms with E-state index in [1.54, 1.807) is 0 Å². The largest absolute Gasteiger partial charge is 0.393 e. The van der Waals surface area contributed by atoms with Crippen LogP contribution in [0.2, 0.25) is 0 Å². The van der Waals surface area contributed by atoms with E-state index in [0.717, 1.165) is 48.9 Å². The van der Waals surface area contributed by atoms with Crippen LogP contribution in [-0.2, 0) is 0 Å². The van der Waals surface area contributed by atoms with Crippen molar-refractivity contribution in [1.82, 2.24) is 0 Å². The second-order valence-electron chi connectivity index (χ2n) is 9.37. The fourth-order valence-electron chi connectivity index (χ4n) is 7.69. The maximum Gasteiger partial charge on any atom is 0.0755 e. The van der Waals surface area contributed by atoms with Crippen molar-refractivity contribution in [3.05, 3.63) is 24.3 Å². The fourth-order valence-corrected chi connectivity index (χ4v) is 7.69. The summed E-state index contributed by atoms with van der Waals surface area (Å²) >= 11 is 0. The molecule has 24 heavy (non-hydrogen) atoms. The predicted molar refractivity (Wildman–Crippen MR) is 95.1 cm³/mol. The molecule has 5 aliphatic rings. The molecule has 0 spiro atoms. The lowest BCUT2D eigenvalue weighted by molar-refractivity contribution is -0.0660. The smallest absolute Gasteiger partial charge is 0.0755 e. The zero-order valence-electron chi connectivity index (χ0n) is 14.6. The van der Waals surface area contributed by atoms with E-state index < -0.39 is 0 Å². The summed E-state index contributed by atoms with van der Waals surface area (Å²) in [5, 5.41) is 21.2. The van der Waals surface area contributed by atoms with Crippen molar-refractivity contribution < 1.29 is 10.2 Å². The van der Waals surface area contributed by atoms with Gasteiger partial charge < -0.3 is 10.2 Å². The van der Waals surface area contributed by atoms with Crippen molar-refractivity contribution in [3.63, 3.8) is 0 Å². The predicted octanol–water partition coefficient (Wildman–Crippen LogP) is 3.94. The number of hydrogen-bond acceptors (Lipinski definition) is 2. The van der Waals surface area contributed by atoms with Gasteiger partial charge in [0.1, 0.15) is 0 Å². The van der Waals surface area contributed by atoms with Crippen LogP contribution in [0.25, 0.3) is 0 Å². The molecular weight excluding hydrogens is 296 g/mol. The molecule has 132 valence electrons. The molecule has 0 aromatic carbocycles. The van der Waals surface area contributed by atoms with Crippen LogP contribution in [0.15, 0.2) is 24.3 Å². The van der Waals surface area contributed by atoms with Gasteiger partial charge in [0.15, 0.2) is 0 Å². The van der Waals surface area contributed by atoms with Gasteiger partial charge in [-0.1, -0.05) is 37.1 Å². The summed E-state index contributed by atoms with van der Waals surface area (Å²) in [7, 11) is 0. The molecule has 0 radical (unpaired) electrons. The van der Waals surface area contributed by atoms with E-state index in [-0.39, 0.29) is 24.0 Å². The van der Waals surface area contributed by atoms with Gasteiger partial charge in [-0.2, -0.15) is 0 Å². The van der Waals surface area contributed by atoms with E-state index in [1.807, 2.05) is 6.08 Å². The quantitative estimate of drug-likeness (QED) is 0.716. The third-order valence-corrected chi connectivity index (χ3v) is 8.51. The summed E-state index contributed by atoms with van der Waals surface area (Å²) in [4.78, 5) is 0. The number of aliphatic hydroxyl groups is 2. The topological polar surface area (TPSA) is 40.5 Å². The Morgan fingerprint density at radius 2 is 1.54 bits per heavy atom. The molecule has 10 atom stereocenters. The number of fused-ring (bicyclic) bond motifs is 1. The molecule has 0 aliphatic heterocycles. The van der Waals surface area contributed by atoms with Crippen LogP contribution in [0.1, 0.15) is 51.4 Å². The maximum atomic E-state index is 10.7. The minimum absolute atomic E-state index is 0.204. The van der Waals surface area contributed by atoms with E-state index >= 15 is 0 Å². The molecule has 5 unspecified atom stereocenters. The van der Waals surface area contributed by atoms with Gasteiger partial charge >= 0.3 is 0 Å². The summed E-state index contributed by atoms with van der Waals surface area (Å²) in [5.41, 5.74) is 0. The molecule has 2 nitrogen and oxygen atoms in total. The molecule has 0 aromatic heterocycles. The molecule has 2 heteroatoms. The summed E-state index contributed by atoms with van der Waals surface area (Å²) in [6, 6.07) is 0. The normalized spacial score (nSPS) is 55.9. The highest BCUT2D eigenvalue weighted by molar-refractivity contribution is 5.14. The molecule has 5 rings (SSSR count). The van der Waals surface area contributed by atoms with Crippen molar-refractivity contribution in [2.75, 3.05) is 0 Å². The molecule has 5 aliphatic carbocycles. The molecule has 0 heterocycles. The SMILES string of the molecule is O[C@H]1CCC(C2C[C@@H]3CCC[C@@H]4CC=CC2C43)[C@@H]2C1CC=C[C@@H]2O. The lowest BCUT2D eigenvalue weighted by Gasteiger charge is -2.48. The van der Waals surface area contributed by atoms with Gasteiger partial charge in [0.25, 0.3) is 0 Å². The minimum atomic E-state index is -0.338. The van der Waals surface area contributed by atoms with Crippen molar-refractivity contribution in [3.8, 4) is 0 Å². The zero-order valence-corrected chi connectivity index (χ0v) is 14.6. The van der Waals surface area contributed by atoms with E-state index in [2.05, 4.69) is 18.2 Å². The first-order valence-electron chi connectivity index (χ1n) is 10.4. The Kier molecular flexibility index (Phi) is 3.90. The molecular formula is C22H32O2. The Morgan fingerprint density at radius 1 is 0.708 bits per heavy atom. The summed E-state index contributed by atoms with van der Waals surface area (Å²) in [5.74, 6) is 5.49. The summed E-state index contributed by atoms with van der Waals surface area (Å²) in [6.45, 7) is 0. The Balaban J connectivity index is 1.46. The molecule has 0 bridgehead atoms. The average molecular weight is 328 g/mol. The van der Waals surface area contributed by atoms with Gasteiger partial charge in [-0.25, -0.2) is 0 Å². The molecule has 0 amide bonds. The highest BCUT2D eigenvalue weighted by atomic mass is 16.3. The van der Waals surface area contributed by atoms with Crippen LogP contribution in [0.5, 0.6) is 0 Å². The number of allylic oxidation sites excluding steroid dienone is 3. The first kappa shape index (κ1) is 15.6. The average Bonchev–Trinajstić information content (AvgIpc) is 2.97. The number of rotatable bonds is 1. The minimum Gasteiger partial charge on any atom is -0.393 e. The standard InChI is InChI=1S/C22H32O2/c23-19-11-10-16(22-17(19)8-3-9-20(22)24)18-12-14-6-1-4-13-5-2-7-15(18)21(13)14/h2-3,7,9,13-24H,1,4-6,8,10-12H2/t13-,14+,15?,16?,17?,18?,19+,20+,21?,22-/m1/s1. The first-order valence-corrected chi connectivity index (χ1v) is 10.4. The van der Waals surface area contributed by atoms with Gasteiger partial charge in [0.05, 0.1) is 12.2 Å². The summed E-state index contributed by atoms with van der Waals surface area (Å²) < 4.78 is 0. The number of aliphatic hydroxyl groups excluding tert-OH is 2. The van der Waals surface area contributed by atoms with Crippen molar-refractivity contribution in [2.45, 2.75) is 63.6 Å². The Labute approximate surface area is 146 Å². The lowest BCUT2D eigenvalue weighted by atomic mass is 9.59. The third kappa shape index (κ3) is 2.29. The highest BCUT2D eigenvalue weighted by Gasteiger charge is 2.54. The molecule has 0 saturated heterocycles. The second-order valence-corrected chi connectivity index (χ2v) is 9.37. The lowest BCUT2D eigenvalue weighted by Crippen LogP contribution is -2.48. The highest BCUT2D eigenvalue weighted by Crippen LogP contribution is 2.60. The molecule has 0 aromatic rings. The van der Waals surface area contributed by atoms with E-state index in [9.17, 15) is 10.2 Å². The van der Waals surface area contributed by atoms with Gasteiger partial charge in [0, 0.05) is 0 Å². The van der Waals surface area contributed by atoms with Crippen LogP contribution >= 0.6 is 0 Å². The van der Waals surface area contributed by atoms with Gasteiger partial charge in [0.2, 0.25) is 0 Å². The van der Waals surface area contributed by atoms with Crippen molar-refractivity contribution in [1.29, 1.82) is 0 Å². The van der Waals surface area contributed by atoms with Crippen LogP contribution in [0, 0.1) is 47.3 Å². The molecule has 2 N–H and O–H groups in total. The second kappa shape index (κ2) is 5.99. The summed E-state index contributed by atoms with van der Waals surface area (Å²) in [6.07, 6.45) is 18.6. The van der Waals surface area contributed by atoms with Crippen LogP contribution in [0.4, 0.5) is 0 Å².